The lowest BCUT2D eigenvalue weighted by Crippen LogP contribution is -2.38. The standard InChI is InChI=1S/C26H19NO4/c1-31-26(30)23-16-10-6-5-7-14(16)13-19-17-11-12-18(20(19)23)22-21(17)24(28)27(25(22)29)15-8-3-2-4-9-15/h2-13,17-18,21-22H,1H3/t17-,18+,21-,22+/m1/s1. The number of hydrogen-bond donors (Lipinski definition) is 0. The molecule has 0 aromatic heterocycles. The average Bonchev–Trinajstić information content (AvgIpc) is 3.09. The summed E-state index contributed by atoms with van der Waals surface area (Å²) in [6.07, 6.45) is 4.03. The van der Waals surface area contributed by atoms with Gasteiger partial charge in [-0.25, -0.2) is 9.69 Å². The Morgan fingerprint density at radius 2 is 1.52 bits per heavy atom. The maximum absolute atomic E-state index is 13.5. The van der Waals surface area contributed by atoms with E-state index in [4.69, 9.17) is 4.74 Å². The first kappa shape index (κ1) is 18.1. The number of para-hydroxylation sites is 1. The maximum Gasteiger partial charge on any atom is 0.338 e. The Morgan fingerprint density at radius 1 is 0.871 bits per heavy atom. The van der Waals surface area contributed by atoms with Crippen molar-refractivity contribution in [3.05, 3.63) is 89.5 Å². The second-order valence-corrected chi connectivity index (χ2v) is 8.30. The summed E-state index contributed by atoms with van der Waals surface area (Å²) < 4.78 is 5.14. The molecule has 1 fully saturated rings. The third-order valence-electron chi connectivity index (χ3n) is 6.92. The number of carbonyl (C=O) groups is 3. The smallest absolute Gasteiger partial charge is 0.338 e. The van der Waals surface area contributed by atoms with Gasteiger partial charge in [-0.05, 0) is 34.0 Å². The predicted octanol–water partition coefficient (Wildman–Crippen LogP) is 4.18. The summed E-state index contributed by atoms with van der Waals surface area (Å²) in [7, 11) is 1.37. The molecule has 1 saturated heterocycles. The summed E-state index contributed by atoms with van der Waals surface area (Å²) in [5, 5.41) is 1.73. The van der Waals surface area contributed by atoms with E-state index in [0.29, 0.717) is 11.3 Å². The van der Waals surface area contributed by atoms with Gasteiger partial charge in [0.25, 0.3) is 0 Å². The van der Waals surface area contributed by atoms with Crippen molar-refractivity contribution >= 4 is 34.2 Å². The van der Waals surface area contributed by atoms with Gasteiger partial charge in [-0.15, -0.1) is 0 Å². The van der Waals surface area contributed by atoms with E-state index in [0.717, 1.165) is 21.9 Å². The quantitative estimate of drug-likeness (QED) is 0.362. The lowest BCUT2D eigenvalue weighted by molar-refractivity contribution is -0.122. The Hall–Kier alpha value is -3.73. The van der Waals surface area contributed by atoms with Crippen molar-refractivity contribution in [1.29, 1.82) is 0 Å². The molecule has 2 bridgehead atoms. The number of allylic oxidation sites excluding steroid dienone is 2. The van der Waals surface area contributed by atoms with Gasteiger partial charge in [-0.3, -0.25) is 9.59 Å². The van der Waals surface area contributed by atoms with E-state index in [-0.39, 0.29) is 23.7 Å². The van der Waals surface area contributed by atoms with E-state index in [9.17, 15) is 14.4 Å². The number of amides is 2. The second kappa shape index (κ2) is 6.38. The van der Waals surface area contributed by atoms with Gasteiger partial charge in [0.1, 0.15) is 0 Å². The molecule has 2 amide bonds. The molecule has 4 aliphatic rings. The Kier molecular flexibility index (Phi) is 3.72. The van der Waals surface area contributed by atoms with Crippen LogP contribution in [-0.2, 0) is 14.3 Å². The van der Waals surface area contributed by atoms with Crippen LogP contribution < -0.4 is 4.90 Å². The summed E-state index contributed by atoms with van der Waals surface area (Å²) in [6, 6.07) is 18.8. The van der Waals surface area contributed by atoms with Gasteiger partial charge in [0.15, 0.2) is 0 Å². The molecule has 0 spiro atoms. The Morgan fingerprint density at radius 3 is 2.26 bits per heavy atom. The van der Waals surface area contributed by atoms with Crippen molar-refractivity contribution in [2.24, 2.45) is 11.8 Å². The van der Waals surface area contributed by atoms with Crippen LogP contribution in [0.2, 0.25) is 0 Å². The highest BCUT2D eigenvalue weighted by Gasteiger charge is 2.59. The minimum Gasteiger partial charge on any atom is -0.465 e. The molecule has 1 aliphatic heterocycles. The molecule has 7 rings (SSSR count). The first-order chi connectivity index (χ1) is 15.1. The minimum absolute atomic E-state index is 0.168. The van der Waals surface area contributed by atoms with Crippen LogP contribution in [0.1, 0.15) is 33.3 Å². The van der Waals surface area contributed by atoms with Gasteiger partial charge in [-0.1, -0.05) is 60.7 Å². The number of esters is 1. The number of imide groups is 1. The molecule has 0 radical (unpaired) electrons. The zero-order chi connectivity index (χ0) is 21.3. The number of anilines is 1. The Bertz CT molecular complexity index is 1310. The maximum atomic E-state index is 13.5. The summed E-state index contributed by atoms with van der Waals surface area (Å²) in [6.45, 7) is 0. The average molecular weight is 409 g/mol. The lowest BCUT2D eigenvalue weighted by Gasteiger charge is -2.41. The molecule has 0 N–H and O–H groups in total. The highest BCUT2D eigenvalue weighted by Crippen LogP contribution is 2.57. The van der Waals surface area contributed by atoms with E-state index in [1.54, 1.807) is 12.1 Å². The number of rotatable bonds is 2. The first-order valence-corrected chi connectivity index (χ1v) is 10.4. The summed E-state index contributed by atoms with van der Waals surface area (Å²) >= 11 is 0. The second-order valence-electron chi connectivity index (χ2n) is 8.30. The van der Waals surface area contributed by atoms with Crippen LogP contribution in [0.4, 0.5) is 5.69 Å². The number of carbonyl (C=O) groups excluding carboxylic acids is 3. The monoisotopic (exact) mass is 409 g/mol. The largest absolute Gasteiger partial charge is 0.465 e. The third kappa shape index (κ3) is 2.29. The van der Waals surface area contributed by atoms with Crippen LogP contribution in [0.5, 0.6) is 0 Å². The summed E-state index contributed by atoms with van der Waals surface area (Å²) in [5.74, 6) is -2.34. The third-order valence-corrected chi connectivity index (χ3v) is 6.92. The van der Waals surface area contributed by atoms with Gasteiger partial charge in [-0.2, -0.15) is 0 Å². The van der Waals surface area contributed by atoms with Gasteiger partial charge in [0.2, 0.25) is 11.8 Å². The lowest BCUT2D eigenvalue weighted by atomic mass is 9.59. The van der Waals surface area contributed by atoms with Crippen LogP contribution in [0.25, 0.3) is 10.8 Å². The topological polar surface area (TPSA) is 63.7 Å². The van der Waals surface area contributed by atoms with Crippen LogP contribution in [-0.4, -0.2) is 24.9 Å². The minimum atomic E-state index is -0.514. The van der Waals surface area contributed by atoms with Crippen molar-refractivity contribution in [2.75, 3.05) is 12.0 Å². The molecule has 4 atom stereocenters. The summed E-state index contributed by atoms with van der Waals surface area (Å²) in [4.78, 5) is 41.2. The van der Waals surface area contributed by atoms with Crippen molar-refractivity contribution in [2.45, 2.75) is 11.8 Å². The fraction of sp³-hybridized carbons (Fsp3) is 0.192. The number of ether oxygens (including phenoxy) is 1. The van der Waals surface area contributed by atoms with E-state index in [1.165, 1.54) is 12.0 Å². The van der Waals surface area contributed by atoms with Gasteiger partial charge >= 0.3 is 5.97 Å². The van der Waals surface area contributed by atoms with Crippen LogP contribution in [0.3, 0.4) is 0 Å². The predicted molar refractivity (Wildman–Crippen MR) is 116 cm³/mol. The molecular weight excluding hydrogens is 390 g/mol. The van der Waals surface area contributed by atoms with E-state index < -0.39 is 17.8 Å². The Balaban J connectivity index is 1.58. The molecule has 1 heterocycles. The van der Waals surface area contributed by atoms with Crippen molar-refractivity contribution in [1.82, 2.24) is 0 Å². The molecule has 0 unspecified atom stereocenters. The molecule has 31 heavy (non-hydrogen) atoms. The van der Waals surface area contributed by atoms with Gasteiger partial charge in [0, 0.05) is 11.8 Å². The molecule has 3 aromatic carbocycles. The van der Waals surface area contributed by atoms with Crippen LogP contribution in [0.15, 0.2) is 72.8 Å². The number of fused-ring (bicyclic) bond motifs is 1. The number of nitrogens with zero attached hydrogens (tertiary/aromatic N) is 1. The first-order valence-electron chi connectivity index (χ1n) is 10.4. The number of methoxy groups -OCH3 is 1. The molecule has 3 aliphatic carbocycles. The fourth-order valence-electron chi connectivity index (χ4n) is 5.69. The highest BCUT2D eigenvalue weighted by molar-refractivity contribution is 6.23. The molecular formula is C26H19NO4. The normalized spacial score (nSPS) is 25.6. The van der Waals surface area contributed by atoms with Crippen LogP contribution >= 0.6 is 0 Å². The number of benzene rings is 3. The molecule has 152 valence electrons. The van der Waals surface area contributed by atoms with Crippen molar-refractivity contribution in [3.8, 4) is 0 Å². The molecule has 3 aromatic rings. The van der Waals surface area contributed by atoms with Crippen molar-refractivity contribution in [3.63, 3.8) is 0 Å². The van der Waals surface area contributed by atoms with E-state index >= 15 is 0 Å². The zero-order valence-electron chi connectivity index (χ0n) is 16.8. The van der Waals surface area contributed by atoms with Crippen molar-refractivity contribution < 1.29 is 19.1 Å². The fourth-order valence-corrected chi connectivity index (χ4v) is 5.69. The molecule has 5 heteroatoms. The van der Waals surface area contributed by atoms with Crippen LogP contribution in [0, 0.1) is 11.8 Å². The Labute approximate surface area is 178 Å². The zero-order valence-corrected chi connectivity index (χ0v) is 16.8. The molecule has 5 nitrogen and oxygen atoms in total. The van der Waals surface area contributed by atoms with Gasteiger partial charge < -0.3 is 4.74 Å². The summed E-state index contributed by atoms with van der Waals surface area (Å²) in [5.41, 5.74) is 2.87. The number of hydrogen-bond acceptors (Lipinski definition) is 4. The van der Waals surface area contributed by atoms with E-state index in [1.807, 2.05) is 54.6 Å². The molecule has 0 saturated carbocycles. The SMILES string of the molecule is COC(=O)c1c2c(cc3ccccc13)[C@H]1C=C[C@@H]2[C@@H]2C(=O)N(c3ccccc3)C(=O)[C@@H]21. The van der Waals surface area contributed by atoms with E-state index in [2.05, 4.69) is 6.07 Å². The highest BCUT2D eigenvalue weighted by atomic mass is 16.5. The van der Waals surface area contributed by atoms with Gasteiger partial charge in [0.05, 0.1) is 30.2 Å².